The van der Waals surface area contributed by atoms with Crippen LogP contribution in [-0.2, 0) is 14.8 Å². The number of aliphatic hydroxyl groups excluding tert-OH is 2. The molecule has 0 amide bonds. The van der Waals surface area contributed by atoms with E-state index in [1.54, 1.807) is 0 Å². The number of hydrogen-bond donors (Lipinski definition) is 3. The number of hydrogen-bond acceptors (Lipinski definition) is 6. The molecule has 0 aliphatic heterocycles. The molecule has 8 nitrogen and oxygen atoms in total. The molecule has 0 heterocycles. The second-order valence-corrected chi connectivity index (χ2v) is 5.94. The van der Waals surface area contributed by atoms with Crippen molar-refractivity contribution in [3.63, 3.8) is 0 Å². The summed E-state index contributed by atoms with van der Waals surface area (Å²) in [6.45, 7) is -1.49. The average Bonchev–Trinajstić information content (AvgIpc) is 2.45. The van der Waals surface area contributed by atoms with E-state index in [2.05, 4.69) is 0 Å². The topological polar surface area (TPSA) is 124 Å². The van der Waals surface area contributed by atoms with Gasteiger partial charge in [-0.2, -0.15) is 4.31 Å². The lowest BCUT2D eigenvalue weighted by Gasteiger charge is -2.20. The molecule has 0 atom stereocenters. The van der Waals surface area contributed by atoms with E-state index >= 15 is 0 Å². The van der Waals surface area contributed by atoms with Gasteiger partial charge in [0.05, 0.1) is 18.1 Å². The molecule has 9 heteroatoms. The maximum atomic E-state index is 12.3. The number of aliphatic hydroxyl groups is 2. The van der Waals surface area contributed by atoms with Gasteiger partial charge >= 0.3 is 5.97 Å². The van der Waals surface area contributed by atoms with Crippen molar-refractivity contribution in [3.8, 4) is 5.75 Å². The number of nitrogens with zero attached hydrogens (tertiary/aromatic N) is 1. The smallest absolute Gasteiger partial charge is 0.341 e. The van der Waals surface area contributed by atoms with Crippen molar-refractivity contribution in [2.24, 2.45) is 0 Å². The zero-order valence-electron chi connectivity index (χ0n) is 11.2. The molecule has 0 bridgehead atoms. The maximum absolute atomic E-state index is 12.3. The van der Waals surface area contributed by atoms with Gasteiger partial charge in [0.2, 0.25) is 10.0 Å². The molecule has 1 rings (SSSR count). The lowest BCUT2D eigenvalue weighted by atomic mass is 10.3. The van der Waals surface area contributed by atoms with Gasteiger partial charge in [-0.05, 0) is 24.3 Å². The van der Waals surface area contributed by atoms with Crippen LogP contribution in [0.2, 0.25) is 0 Å². The second-order valence-electron chi connectivity index (χ2n) is 4.01. The molecule has 0 fully saturated rings. The molecule has 0 aliphatic rings. The van der Waals surface area contributed by atoms with Crippen molar-refractivity contribution in [2.75, 3.05) is 32.9 Å². The Balaban J connectivity index is 2.90. The van der Waals surface area contributed by atoms with E-state index in [9.17, 15) is 13.2 Å². The highest BCUT2D eigenvalue weighted by Gasteiger charge is 2.23. The van der Waals surface area contributed by atoms with E-state index in [0.717, 1.165) is 4.31 Å². The van der Waals surface area contributed by atoms with Crippen LogP contribution in [0, 0.1) is 0 Å². The molecule has 3 N–H and O–H groups in total. The monoisotopic (exact) mass is 319 g/mol. The molecule has 1 aromatic carbocycles. The minimum atomic E-state index is -3.83. The number of carboxylic acid groups (broad SMARTS) is 1. The summed E-state index contributed by atoms with van der Waals surface area (Å²) < 4.78 is 30.4. The third-order valence-corrected chi connectivity index (χ3v) is 4.44. The molecule has 0 saturated heterocycles. The minimum Gasteiger partial charge on any atom is -0.482 e. The van der Waals surface area contributed by atoms with Crippen LogP contribution in [0.15, 0.2) is 29.2 Å². The van der Waals surface area contributed by atoms with Crippen LogP contribution < -0.4 is 4.74 Å². The van der Waals surface area contributed by atoms with Crippen molar-refractivity contribution < 1.29 is 33.3 Å². The van der Waals surface area contributed by atoms with Gasteiger partial charge in [-0.25, -0.2) is 13.2 Å². The number of ether oxygens (including phenoxy) is 1. The van der Waals surface area contributed by atoms with Crippen LogP contribution in [-0.4, -0.2) is 66.9 Å². The number of rotatable bonds is 9. The lowest BCUT2D eigenvalue weighted by molar-refractivity contribution is -0.139. The van der Waals surface area contributed by atoms with Crippen LogP contribution in [0.25, 0.3) is 0 Å². The molecule has 1 aromatic rings. The van der Waals surface area contributed by atoms with E-state index in [1.165, 1.54) is 24.3 Å². The Morgan fingerprint density at radius 3 is 2.05 bits per heavy atom. The predicted octanol–water partition coefficient (Wildman–Crippen LogP) is -0.875. The number of sulfonamides is 1. The molecular formula is C12H17NO7S. The van der Waals surface area contributed by atoms with E-state index in [-0.39, 0.29) is 36.9 Å². The maximum Gasteiger partial charge on any atom is 0.341 e. The summed E-state index contributed by atoms with van der Waals surface area (Å²) in [5.74, 6) is -0.906. The fourth-order valence-electron chi connectivity index (χ4n) is 1.58. The molecule has 21 heavy (non-hydrogen) atoms. The van der Waals surface area contributed by atoms with Crippen molar-refractivity contribution >= 4 is 16.0 Å². The minimum absolute atomic E-state index is 0.0351. The average molecular weight is 319 g/mol. The normalized spacial score (nSPS) is 11.6. The number of carboxylic acids is 1. The van der Waals surface area contributed by atoms with Crippen molar-refractivity contribution in [3.05, 3.63) is 24.3 Å². The van der Waals surface area contributed by atoms with Crippen LogP contribution in [0.3, 0.4) is 0 Å². The molecule has 0 unspecified atom stereocenters. The lowest BCUT2D eigenvalue weighted by Crippen LogP contribution is -2.35. The summed E-state index contributed by atoms with van der Waals surface area (Å²) in [6, 6.07) is 5.22. The third-order valence-electron chi connectivity index (χ3n) is 2.52. The van der Waals surface area contributed by atoms with Crippen molar-refractivity contribution in [1.82, 2.24) is 4.31 Å². The third kappa shape index (κ3) is 4.97. The zero-order chi connectivity index (χ0) is 15.9. The van der Waals surface area contributed by atoms with Gasteiger partial charge in [0.25, 0.3) is 0 Å². The second kappa shape index (κ2) is 7.93. The molecule has 0 aromatic heterocycles. The van der Waals surface area contributed by atoms with Crippen LogP contribution >= 0.6 is 0 Å². The van der Waals surface area contributed by atoms with Gasteiger partial charge in [-0.1, -0.05) is 0 Å². The van der Waals surface area contributed by atoms with Crippen LogP contribution in [0.5, 0.6) is 5.75 Å². The van der Waals surface area contributed by atoms with Gasteiger partial charge in [0.1, 0.15) is 5.75 Å². The summed E-state index contributed by atoms with van der Waals surface area (Å²) in [5, 5.41) is 26.2. The Morgan fingerprint density at radius 2 is 1.62 bits per heavy atom. The fraction of sp³-hybridized carbons (Fsp3) is 0.417. The molecule has 118 valence electrons. The highest BCUT2D eigenvalue weighted by Crippen LogP contribution is 2.19. The Bertz CT molecular complexity index is 549. The molecule has 0 radical (unpaired) electrons. The van der Waals surface area contributed by atoms with Crippen LogP contribution in [0.1, 0.15) is 0 Å². The van der Waals surface area contributed by atoms with E-state index in [0.29, 0.717) is 0 Å². The largest absolute Gasteiger partial charge is 0.482 e. The molecule has 0 spiro atoms. The molecule has 0 aliphatic carbocycles. The first-order chi connectivity index (χ1) is 9.91. The Kier molecular flexibility index (Phi) is 6.56. The van der Waals surface area contributed by atoms with Gasteiger partial charge in [-0.15, -0.1) is 0 Å². The molecular weight excluding hydrogens is 302 g/mol. The first kappa shape index (κ1) is 17.4. The highest BCUT2D eigenvalue weighted by atomic mass is 32.2. The standard InChI is InChI=1S/C12H17NO7S/c14-7-5-13(6-8-15)21(18,19)11-3-1-10(2-4-11)20-9-12(16)17/h1-4,14-15H,5-9H2,(H,16,17). The first-order valence-corrected chi connectivity index (χ1v) is 7.52. The number of aliphatic carboxylic acids is 1. The summed E-state index contributed by atoms with van der Waals surface area (Å²) >= 11 is 0. The van der Waals surface area contributed by atoms with E-state index in [1.807, 2.05) is 0 Å². The van der Waals surface area contributed by atoms with Gasteiger partial charge < -0.3 is 20.1 Å². The van der Waals surface area contributed by atoms with Crippen molar-refractivity contribution in [1.29, 1.82) is 0 Å². The highest BCUT2D eigenvalue weighted by molar-refractivity contribution is 7.89. The predicted molar refractivity (Wildman–Crippen MR) is 72.5 cm³/mol. The SMILES string of the molecule is O=C(O)COc1ccc(S(=O)(=O)N(CCO)CCO)cc1. The Labute approximate surface area is 122 Å². The summed E-state index contributed by atoms with van der Waals surface area (Å²) in [4.78, 5) is 10.3. The Hall–Kier alpha value is -1.68. The van der Waals surface area contributed by atoms with Gasteiger partial charge in [0.15, 0.2) is 6.61 Å². The number of benzene rings is 1. The van der Waals surface area contributed by atoms with Crippen molar-refractivity contribution in [2.45, 2.75) is 4.90 Å². The number of carbonyl (C=O) groups is 1. The quantitative estimate of drug-likeness (QED) is 0.540. The zero-order valence-corrected chi connectivity index (χ0v) is 12.0. The molecule has 0 saturated carbocycles. The first-order valence-electron chi connectivity index (χ1n) is 6.08. The van der Waals surface area contributed by atoms with Crippen LogP contribution in [0.4, 0.5) is 0 Å². The van der Waals surface area contributed by atoms with Gasteiger partial charge in [0, 0.05) is 13.1 Å². The summed E-state index contributed by atoms with van der Waals surface area (Å²) in [7, 11) is -3.83. The van der Waals surface area contributed by atoms with E-state index in [4.69, 9.17) is 20.1 Å². The Morgan fingerprint density at radius 1 is 1.10 bits per heavy atom. The van der Waals surface area contributed by atoms with Gasteiger partial charge in [-0.3, -0.25) is 0 Å². The summed E-state index contributed by atoms with van der Waals surface area (Å²) in [5.41, 5.74) is 0. The summed E-state index contributed by atoms with van der Waals surface area (Å²) in [6.07, 6.45) is 0. The van der Waals surface area contributed by atoms with E-state index < -0.39 is 22.6 Å². The fourth-order valence-corrected chi connectivity index (χ4v) is 3.00.